The first-order valence-corrected chi connectivity index (χ1v) is 9.23. The minimum Gasteiger partial charge on any atom is -0.384 e. The van der Waals surface area contributed by atoms with Gasteiger partial charge >= 0.3 is 0 Å². The van der Waals surface area contributed by atoms with Gasteiger partial charge in [-0.25, -0.2) is 0 Å². The zero-order chi connectivity index (χ0) is 20.9. The van der Waals surface area contributed by atoms with Crippen LogP contribution >= 0.6 is 0 Å². The number of rotatable bonds is 3. The van der Waals surface area contributed by atoms with E-state index < -0.39 is 22.3 Å². The molecule has 2 amide bonds. The summed E-state index contributed by atoms with van der Waals surface area (Å²) >= 11 is 0. The lowest BCUT2D eigenvalue weighted by Gasteiger charge is -2.31. The quantitative estimate of drug-likeness (QED) is 0.454. The minimum atomic E-state index is -0.704. The fourth-order valence-electron chi connectivity index (χ4n) is 3.86. The number of nitro groups is 1. The van der Waals surface area contributed by atoms with Gasteiger partial charge in [0.1, 0.15) is 11.5 Å². The third-order valence-corrected chi connectivity index (χ3v) is 5.49. The van der Waals surface area contributed by atoms with Gasteiger partial charge in [0.2, 0.25) is 0 Å². The van der Waals surface area contributed by atoms with Crippen LogP contribution < -0.4 is 21.5 Å². The summed E-state index contributed by atoms with van der Waals surface area (Å²) in [5.74, 6) is -1.06. The predicted molar refractivity (Wildman–Crippen MR) is 106 cm³/mol. The zero-order valence-electron chi connectivity index (χ0n) is 15.7. The number of amides is 2. The maximum absolute atomic E-state index is 12.6. The van der Waals surface area contributed by atoms with Crippen LogP contribution in [0, 0.1) is 16.0 Å². The molecule has 0 bridgehead atoms. The summed E-state index contributed by atoms with van der Waals surface area (Å²) in [7, 11) is 0. The SMILES string of the molecule is CC1CCN(c2ccc(-n3c(N)c4c(cc3=O)C(=O)NC4=O)cc2[N+](=O)[O-])CC1. The molecule has 10 heteroatoms. The van der Waals surface area contributed by atoms with Crippen LogP contribution in [0.15, 0.2) is 29.1 Å². The molecule has 1 saturated heterocycles. The fourth-order valence-corrected chi connectivity index (χ4v) is 3.86. The van der Waals surface area contributed by atoms with Gasteiger partial charge in [0, 0.05) is 25.2 Å². The van der Waals surface area contributed by atoms with E-state index in [1.54, 1.807) is 12.1 Å². The molecule has 1 aromatic carbocycles. The largest absolute Gasteiger partial charge is 0.384 e. The molecule has 1 fully saturated rings. The Hall–Kier alpha value is -3.69. The van der Waals surface area contributed by atoms with Gasteiger partial charge < -0.3 is 10.6 Å². The lowest BCUT2D eigenvalue weighted by Crippen LogP contribution is -2.33. The lowest BCUT2D eigenvalue weighted by atomic mass is 9.98. The normalized spacial score (nSPS) is 16.7. The van der Waals surface area contributed by atoms with Crippen molar-refractivity contribution in [2.75, 3.05) is 23.7 Å². The third-order valence-electron chi connectivity index (χ3n) is 5.49. The van der Waals surface area contributed by atoms with Crippen molar-refractivity contribution in [3.8, 4) is 5.69 Å². The third kappa shape index (κ3) is 3.02. The summed E-state index contributed by atoms with van der Waals surface area (Å²) in [6.45, 7) is 3.58. The van der Waals surface area contributed by atoms with Gasteiger partial charge in [0.05, 0.1) is 21.7 Å². The van der Waals surface area contributed by atoms with E-state index in [-0.39, 0.29) is 28.3 Å². The second-order valence-corrected chi connectivity index (χ2v) is 7.37. The first-order valence-electron chi connectivity index (χ1n) is 9.23. The number of hydrogen-bond donors (Lipinski definition) is 2. The van der Waals surface area contributed by atoms with E-state index in [2.05, 4.69) is 12.2 Å². The Morgan fingerprint density at radius 1 is 1.14 bits per heavy atom. The van der Waals surface area contributed by atoms with Crippen LogP contribution in [0.2, 0.25) is 0 Å². The van der Waals surface area contributed by atoms with Crippen molar-refractivity contribution in [3.63, 3.8) is 0 Å². The molecule has 150 valence electrons. The molecular formula is C19H19N5O5. The second kappa shape index (κ2) is 6.73. The first kappa shape index (κ1) is 18.7. The Morgan fingerprint density at radius 2 is 1.83 bits per heavy atom. The van der Waals surface area contributed by atoms with Gasteiger partial charge in [-0.2, -0.15) is 0 Å². The molecule has 29 heavy (non-hydrogen) atoms. The van der Waals surface area contributed by atoms with Crippen molar-refractivity contribution >= 4 is 29.0 Å². The molecule has 0 spiro atoms. The van der Waals surface area contributed by atoms with Crippen molar-refractivity contribution in [2.24, 2.45) is 5.92 Å². The van der Waals surface area contributed by atoms with Crippen LogP contribution in [-0.2, 0) is 0 Å². The van der Waals surface area contributed by atoms with E-state index in [4.69, 9.17) is 5.73 Å². The highest BCUT2D eigenvalue weighted by atomic mass is 16.6. The number of imide groups is 1. The standard InChI is InChI=1S/C19H19N5O5/c1-10-4-6-22(7-5-10)13-3-2-11(8-14(13)24(28)29)23-15(25)9-12-16(17(23)20)19(27)21-18(12)26/h2-3,8-10H,4-7,20H2,1H3,(H,21,26,27). The Labute approximate surface area is 165 Å². The molecule has 10 nitrogen and oxygen atoms in total. The number of anilines is 2. The maximum atomic E-state index is 12.6. The highest BCUT2D eigenvalue weighted by molar-refractivity contribution is 6.23. The molecule has 0 unspecified atom stereocenters. The van der Waals surface area contributed by atoms with E-state index in [1.165, 1.54) is 6.07 Å². The molecule has 4 rings (SSSR count). The summed E-state index contributed by atoms with van der Waals surface area (Å²) in [6.07, 6.45) is 1.89. The first-order chi connectivity index (χ1) is 13.8. The van der Waals surface area contributed by atoms with Gasteiger partial charge in [0.25, 0.3) is 23.1 Å². The molecule has 2 aliphatic heterocycles. The van der Waals surface area contributed by atoms with Crippen LogP contribution in [-0.4, -0.2) is 34.4 Å². The molecule has 2 aromatic rings. The van der Waals surface area contributed by atoms with E-state index in [0.717, 1.165) is 23.5 Å². The molecule has 0 saturated carbocycles. The number of nitrogens with zero attached hydrogens (tertiary/aromatic N) is 3. The average Bonchev–Trinajstić information content (AvgIpc) is 2.96. The molecule has 0 aliphatic carbocycles. The molecule has 0 atom stereocenters. The topological polar surface area (TPSA) is 141 Å². The van der Waals surface area contributed by atoms with Crippen molar-refractivity contribution in [3.05, 3.63) is 55.9 Å². The van der Waals surface area contributed by atoms with Gasteiger partial charge in [-0.05, 0) is 30.9 Å². The molecule has 3 heterocycles. The summed E-state index contributed by atoms with van der Waals surface area (Å²) in [6, 6.07) is 5.43. The number of carbonyl (C=O) groups is 2. The number of carbonyl (C=O) groups excluding carboxylic acids is 2. The number of hydrogen-bond acceptors (Lipinski definition) is 7. The van der Waals surface area contributed by atoms with E-state index in [9.17, 15) is 24.5 Å². The van der Waals surface area contributed by atoms with E-state index >= 15 is 0 Å². The van der Waals surface area contributed by atoms with Gasteiger partial charge in [-0.3, -0.25) is 34.4 Å². The summed E-state index contributed by atoms with van der Waals surface area (Å²) in [4.78, 5) is 49.5. The van der Waals surface area contributed by atoms with Gasteiger partial charge in [0.15, 0.2) is 0 Å². The van der Waals surface area contributed by atoms with Crippen molar-refractivity contribution in [1.82, 2.24) is 9.88 Å². The fraction of sp³-hybridized carbons (Fsp3) is 0.316. The molecule has 2 aliphatic rings. The highest BCUT2D eigenvalue weighted by Crippen LogP contribution is 2.34. The number of pyridine rings is 1. The Kier molecular flexibility index (Phi) is 4.33. The van der Waals surface area contributed by atoms with Crippen LogP contribution in [0.1, 0.15) is 40.5 Å². The number of nitrogens with two attached hydrogens (primary N) is 1. The minimum absolute atomic E-state index is 0.0951. The Balaban J connectivity index is 1.83. The monoisotopic (exact) mass is 397 g/mol. The summed E-state index contributed by atoms with van der Waals surface area (Å²) in [5.41, 5.74) is 5.64. The number of nitrogen functional groups attached to an aromatic ring is 1. The summed E-state index contributed by atoms with van der Waals surface area (Å²) in [5, 5.41) is 13.8. The van der Waals surface area contributed by atoms with Crippen molar-refractivity contribution in [2.45, 2.75) is 19.8 Å². The number of nitro benzene ring substituents is 1. The smallest absolute Gasteiger partial charge is 0.294 e. The lowest BCUT2D eigenvalue weighted by molar-refractivity contribution is -0.384. The molecular weight excluding hydrogens is 378 g/mol. The second-order valence-electron chi connectivity index (χ2n) is 7.37. The van der Waals surface area contributed by atoms with Crippen LogP contribution in [0.3, 0.4) is 0 Å². The van der Waals surface area contributed by atoms with Gasteiger partial charge in [-0.1, -0.05) is 6.92 Å². The average molecular weight is 397 g/mol. The number of benzene rings is 1. The van der Waals surface area contributed by atoms with Crippen LogP contribution in [0.5, 0.6) is 0 Å². The van der Waals surface area contributed by atoms with Gasteiger partial charge in [-0.15, -0.1) is 0 Å². The highest BCUT2D eigenvalue weighted by Gasteiger charge is 2.32. The van der Waals surface area contributed by atoms with Crippen molar-refractivity contribution in [1.29, 1.82) is 0 Å². The number of aromatic nitrogens is 1. The maximum Gasteiger partial charge on any atom is 0.294 e. The number of piperidine rings is 1. The molecule has 3 N–H and O–H groups in total. The van der Waals surface area contributed by atoms with Crippen LogP contribution in [0.4, 0.5) is 17.2 Å². The van der Waals surface area contributed by atoms with E-state index in [0.29, 0.717) is 24.7 Å². The Bertz CT molecular complexity index is 1110. The summed E-state index contributed by atoms with van der Waals surface area (Å²) < 4.78 is 1.01. The Morgan fingerprint density at radius 3 is 2.48 bits per heavy atom. The predicted octanol–water partition coefficient (Wildman–Crippen LogP) is 1.45. The number of nitrogens with one attached hydrogen (secondary N) is 1. The number of fused-ring (bicyclic) bond motifs is 1. The zero-order valence-corrected chi connectivity index (χ0v) is 15.7. The molecule has 1 aromatic heterocycles. The van der Waals surface area contributed by atoms with Crippen molar-refractivity contribution < 1.29 is 14.5 Å². The van der Waals surface area contributed by atoms with Crippen LogP contribution in [0.25, 0.3) is 5.69 Å². The molecule has 0 radical (unpaired) electrons. The van der Waals surface area contributed by atoms with E-state index in [1.807, 2.05) is 4.90 Å².